The van der Waals surface area contributed by atoms with Crippen LogP contribution < -0.4 is 5.32 Å². The standard InChI is InChI=1S/C16H21N3O2S/c1-11-5-4-8-14(17-11)18-15(20)13-9-22-10-19(13)16(21)12-6-2-3-7-12/h4-5,8,12-13H,2-3,6-7,9-10H2,1H3,(H,17,18,20)/t13-/m0/s1. The normalized spacial score (nSPS) is 22.0. The maximum Gasteiger partial charge on any atom is 0.249 e. The van der Waals surface area contributed by atoms with Crippen LogP contribution in [-0.2, 0) is 9.59 Å². The van der Waals surface area contributed by atoms with Crippen molar-refractivity contribution in [2.24, 2.45) is 5.92 Å². The number of carbonyl (C=O) groups is 2. The highest BCUT2D eigenvalue weighted by Gasteiger charge is 2.38. The number of amides is 2. The molecule has 0 unspecified atom stereocenters. The Morgan fingerprint density at radius 3 is 2.82 bits per heavy atom. The first-order valence-corrected chi connectivity index (χ1v) is 8.93. The highest BCUT2D eigenvalue weighted by atomic mass is 32.2. The van der Waals surface area contributed by atoms with Crippen molar-refractivity contribution in [3.8, 4) is 0 Å². The quantitative estimate of drug-likeness (QED) is 0.929. The second-order valence-corrected chi connectivity index (χ2v) is 6.96. The minimum atomic E-state index is -0.375. The predicted molar refractivity (Wildman–Crippen MR) is 87.5 cm³/mol. The second-order valence-electron chi connectivity index (χ2n) is 5.96. The molecule has 0 aromatic carbocycles. The maximum absolute atomic E-state index is 12.6. The summed E-state index contributed by atoms with van der Waals surface area (Å²) in [6.07, 6.45) is 4.18. The van der Waals surface area contributed by atoms with Crippen molar-refractivity contribution in [2.75, 3.05) is 16.9 Å². The van der Waals surface area contributed by atoms with Crippen molar-refractivity contribution in [3.05, 3.63) is 23.9 Å². The fourth-order valence-corrected chi connectivity index (χ4v) is 4.27. The Balaban J connectivity index is 1.67. The summed E-state index contributed by atoms with van der Waals surface area (Å²) in [6.45, 7) is 1.89. The number of hydrogen-bond acceptors (Lipinski definition) is 4. The Bertz CT molecular complexity index is 572. The van der Waals surface area contributed by atoms with Crippen LogP contribution in [0.4, 0.5) is 5.82 Å². The van der Waals surface area contributed by atoms with Crippen LogP contribution >= 0.6 is 11.8 Å². The largest absolute Gasteiger partial charge is 0.320 e. The number of rotatable bonds is 3. The van der Waals surface area contributed by atoms with Gasteiger partial charge in [-0.2, -0.15) is 0 Å². The minimum absolute atomic E-state index is 0.117. The Labute approximate surface area is 134 Å². The molecule has 22 heavy (non-hydrogen) atoms. The van der Waals surface area contributed by atoms with Crippen molar-refractivity contribution < 1.29 is 9.59 Å². The first-order valence-electron chi connectivity index (χ1n) is 7.78. The summed E-state index contributed by atoms with van der Waals surface area (Å²) in [5, 5.41) is 2.84. The molecule has 2 aliphatic rings. The van der Waals surface area contributed by atoms with Crippen LogP contribution in [0.15, 0.2) is 18.2 Å². The summed E-state index contributed by atoms with van der Waals surface area (Å²) in [7, 11) is 0. The van der Waals surface area contributed by atoms with Crippen molar-refractivity contribution in [1.29, 1.82) is 0 Å². The van der Waals surface area contributed by atoms with Crippen LogP contribution in [0.3, 0.4) is 0 Å². The maximum atomic E-state index is 12.6. The summed E-state index contributed by atoms with van der Waals surface area (Å²) in [5.74, 6) is 1.97. The molecular formula is C16H21N3O2S. The highest BCUT2D eigenvalue weighted by molar-refractivity contribution is 7.99. The fraction of sp³-hybridized carbons (Fsp3) is 0.562. The van der Waals surface area contributed by atoms with E-state index >= 15 is 0 Å². The van der Waals surface area contributed by atoms with E-state index in [-0.39, 0.29) is 23.8 Å². The van der Waals surface area contributed by atoms with Crippen molar-refractivity contribution in [3.63, 3.8) is 0 Å². The number of hydrogen-bond donors (Lipinski definition) is 1. The molecule has 1 aromatic heterocycles. The van der Waals surface area contributed by atoms with Gasteiger partial charge in [0, 0.05) is 17.4 Å². The van der Waals surface area contributed by atoms with Gasteiger partial charge in [-0.1, -0.05) is 18.9 Å². The molecule has 2 amide bonds. The summed E-state index contributed by atoms with van der Waals surface area (Å²) in [5.41, 5.74) is 0.859. The number of aromatic nitrogens is 1. The molecule has 3 rings (SSSR count). The first-order chi connectivity index (χ1) is 10.6. The topological polar surface area (TPSA) is 62.3 Å². The molecule has 1 saturated heterocycles. The van der Waals surface area contributed by atoms with Crippen molar-refractivity contribution >= 4 is 29.4 Å². The lowest BCUT2D eigenvalue weighted by molar-refractivity contribution is -0.139. The van der Waals surface area contributed by atoms with E-state index < -0.39 is 0 Å². The Hall–Kier alpha value is -1.56. The molecule has 1 aliphatic carbocycles. The Morgan fingerprint density at radius 2 is 2.09 bits per heavy atom. The molecule has 1 aliphatic heterocycles. The average Bonchev–Trinajstić information content (AvgIpc) is 3.18. The lowest BCUT2D eigenvalue weighted by atomic mass is 10.1. The van der Waals surface area contributed by atoms with Crippen molar-refractivity contribution in [2.45, 2.75) is 38.6 Å². The van der Waals surface area contributed by atoms with E-state index in [1.54, 1.807) is 22.7 Å². The third-order valence-corrected chi connectivity index (χ3v) is 5.32. The van der Waals surface area contributed by atoms with Gasteiger partial charge in [0.05, 0.1) is 5.88 Å². The van der Waals surface area contributed by atoms with Gasteiger partial charge >= 0.3 is 0 Å². The molecular weight excluding hydrogens is 298 g/mol. The minimum Gasteiger partial charge on any atom is -0.320 e. The van der Waals surface area contributed by atoms with Gasteiger partial charge in [0.25, 0.3) is 0 Å². The van der Waals surface area contributed by atoms with Gasteiger partial charge < -0.3 is 10.2 Å². The van der Waals surface area contributed by atoms with E-state index in [9.17, 15) is 9.59 Å². The number of nitrogens with one attached hydrogen (secondary N) is 1. The second kappa shape index (κ2) is 6.69. The van der Waals surface area contributed by atoms with Gasteiger partial charge in [-0.15, -0.1) is 11.8 Å². The SMILES string of the molecule is Cc1cccc(NC(=O)[C@@H]2CSCN2C(=O)C2CCCC2)n1. The van der Waals surface area contributed by atoms with Gasteiger partial charge in [0.1, 0.15) is 11.9 Å². The first kappa shape index (κ1) is 15.3. The van der Waals surface area contributed by atoms with Gasteiger partial charge in [-0.25, -0.2) is 4.98 Å². The lowest BCUT2D eigenvalue weighted by Gasteiger charge is -2.25. The number of pyridine rings is 1. The Kier molecular flexibility index (Phi) is 4.66. The molecule has 0 radical (unpaired) electrons. The zero-order chi connectivity index (χ0) is 15.5. The molecule has 5 nitrogen and oxygen atoms in total. The number of anilines is 1. The van der Waals surface area contributed by atoms with Crippen molar-refractivity contribution in [1.82, 2.24) is 9.88 Å². The highest BCUT2D eigenvalue weighted by Crippen LogP contribution is 2.31. The lowest BCUT2D eigenvalue weighted by Crippen LogP contribution is -2.46. The van der Waals surface area contributed by atoms with E-state index in [0.29, 0.717) is 17.4 Å². The molecule has 1 aromatic rings. The van der Waals surface area contributed by atoms with Gasteiger partial charge in [0.15, 0.2) is 0 Å². The van der Waals surface area contributed by atoms with Gasteiger partial charge in [-0.3, -0.25) is 9.59 Å². The molecule has 0 spiro atoms. The summed E-state index contributed by atoms with van der Waals surface area (Å²) in [4.78, 5) is 31.1. The predicted octanol–water partition coefficient (Wildman–Crippen LogP) is 2.42. The van der Waals surface area contributed by atoms with E-state index in [1.807, 2.05) is 19.1 Å². The van der Waals surface area contributed by atoms with E-state index in [0.717, 1.165) is 31.4 Å². The number of carbonyl (C=O) groups excluding carboxylic acids is 2. The summed E-state index contributed by atoms with van der Waals surface area (Å²) in [6, 6.07) is 5.15. The molecule has 1 saturated carbocycles. The average molecular weight is 319 g/mol. The van der Waals surface area contributed by atoms with Crippen LogP contribution in [0.5, 0.6) is 0 Å². The Morgan fingerprint density at radius 1 is 1.32 bits per heavy atom. The molecule has 1 N–H and O–H groups in total. The smallest absolute Gasteiger partial charge is 0.249 e. The molecule has 2 fully saturated rings. The van der Waals surface area contributed by atoms with E-state index in [1.165, 1.54) is 0 Å². The molecule has 2 heterocycles. The van der Waals surface area contributed by atoms with Gasteiger partial charge in [0.2, 0.25) is 11.8 Å². The zero-order valence-corrected chi connectivity index (χ0v) is 13.6. The van der Waals surface area contributed by atoms with E-state index in [2.05, 4.69) is 10.3 Å². The number of nitrogens with zero attached hydrogens (tertiary/aromatic N) is 2. The van der Waals surface area contributed by atoms with Crippen LogP contribution in [0, 0.1) is 12.8 Å². The fourth-order valence-electron chi connectivity index (χ4n) is 3.11. The number of aryl methyl sites for hydroxylation is 1. The number of thioether (sulfide) groups is 1. The third kappa shape index (κ3) is 3.27. The molecule has 6 heteroatoms. The monoisotopic (exact) mass is 319 g/mol. The van der Waals surface area contributed by atoms with E-state index in [4.69, 9.17) is 0 Å². The summed E-state index contributed by atoms with van der Waals surface area (Å²) >= 11 is 1.64. The van der Waals surface area contributed by atoms with Crippen LogP contribution in [0.25, 0.3) is 0 Å². The molecule has 0 bridgehead atoms. The van der Waals surface area contributed by atoms with Gasteiger partial charge in [-0.05, 0) is 31.9 Å². The zero-order valence-electron chi connectivity index (χ0n) is 12.7. The molecule has 1 atom stereocenters. The van der Waals surface area contributed by atoms with Crippen LogP contribution in [0.2, 0.25) is 0 Å². The third-order valence-electron chi connectivity index (χ3n) is 4.31. The summed E-state index contributed by atoms with van der Waals surface area (Å²) < 4.78 is 0. The van der Waals surface area contributed by atoms with Crippen LogP contribution in [-0.4, -0.2) is 39.4 Å². The van der Waals surface area contributed by atoms with Crippen LogP contribution in [0.1, 0.15) is 31.4 Å². The molecule has 118 valence electrons.